The molecule has 1 aromatic heterocycles. The van der Waals surface area contributed by atoms with Crippen molar-refractivity contribution in [3.63, 3.8) is 0 Å². The molecule has 1 aliphatic rings. The maximum Gasteiger partial charge on any atom is 0.407 e. The lowest BCUT2D eigenvalue weighted by Crippen LogP contribution is -2.51. The summed E-state index contributed by atoms with van der Waals surface area (Å²) in [5.74, 6) is 3.17. The van der Waals surface area contributed by atoms with Gasteiger partial charge in [0.15, 0.2) is 0 Å². The monoisotopic (exact) mass is 368 g/mol. The van der Waals surface area contributed by atoms with Crippen molar-refractivity contribution in [1.29, 1.82) is 0 Å². The Bertz CT molecular complexity index is 896. The number of H-pyrrole nitrogens is 1. The van der Waals surface area contributed by atoms with Crippen molar-refractivity contribution in [3.8, 4) is 12.3 Å². The fourth-order valence-electron chi connectivity index (χ4n) is 3.47. The molecule has 142 valence electrons. The number of benzene rings is 1. The molecule has 2 amide bonds. The normalized spacial score (nSPS) is 17.7. The first-order valence-electron chi connectivity index (χ1n) is 9.05. The third-order valence-electron chi connectivity index (χ3n) is 4.91. The highest BCUT2D eigenvalue weighted by Crippen LogP contribution is 2.32. The van der Waals surface area contributed by atoms with E-state index in [1.54, 1.807) is 4.90 Å². The zero-order valence-electron chi connectivity index (χ0n) is 15.8. The molecule has 0 radical (unpaired) electrons. The number of amides is 2. The molecular formula is C20H24N4O3. The molecule has 1 fully saturated rings. The molecule has 0 spiro atoms. The van der Waals surface area contributed by atoms with Crippen LogP contribution in [0.15, 0.2) is 18.2 Å². The molecule has 1 aromatic carbocycles. The highest BCUT2D eigenvalue weighted by Gasteiger charge is 2.37. The van der Waals surface area contributed by atoms with E-state index in [2.05, 4.69) is 25.9 Å². The summed E-state index contributed by atoms with van der Waals surface area (Å²) >= 11 is 0. The predicted molar refractivity (Wildman–Crippen MR) is 102 cm³/mol. The van der Waals surface area contributed by atoms with E-state index in [0.717, 1.165) is 35.3 Å². The number of terminal acetylenes is 1. The zero-order valence-corrected chi connectivity index (χ0v) is 15.8. The molecular weight excluding hydrogens is 344 g/mol. The Morgan fingerprint density at radius 2 is 2.22 bits per heavy atom. The number of rotatable bonds is 4. The average molecular weight is 368 g/mol. The molecule has 2 heterocycles. The maximum absolute atomic E-state index is 13.1. The summed E-state index contributed by atoms with van der Waals surface area (Å²) in [5.41, 5.74) is 2.45. The Labute approximate surface area is 158 Å². The van der Waals surface area contributed by atoms with Gasteiger partial charge in [0.05, 0.1) is 24.2 Å². The van der Waals surface area contributed by atoms with Crippen LogP contribution in [-0.4, -0.2) is 46.6 Å². The van der Waals surface area contributed by atoms with Crippen LogP contribution in [0.2, 0.25) is 0 Å². The summed E-state index contributed by atoms with van der Waals surface area (Å²) in [7, 11) is 1.29. The SMILES string of the molecule is C#Cc1ccc2nc(C3CCCN3C(=O)C(NC(=O)OC)C(C)C)[nH]c2c1. The Morgan fingerprint density at radius 1 is 1.44 bits per heavy atom. The number of likely N-dealkylation sites (tertiary alicyclic amines) is 1. The van der Waals surface area contributed by atoms with Crippen LogP contribution in [0.1, 0.15) is 44.1 Å². The van der Waals surface area contributed by atoms with E-state index < -0.39 is 12.1 Å². The second kappa shape index (κ2) is 7.70. The lowest BCUT2D eigenvalue weighted by molar-refractivity contribution is -0.135. The van der Waals surface area contributed by atoms with E-state index in [-0.39, 0.29) is 17.9 Å². The van der Waals surface area contributed by atoms with E-state index in [4.69, 9.17) is 6.42 Å². The number of aromatic amines is 1. The number of nitrogens with zero attached hydrogens (tertiary/aromatic N) is 2. The van der Waals surface area contributed by atoms with Gasteiger partial charge in [0.1, 0.15) is 11.9 Å². The van der Waals surface area contributed by atoms with Gasteiger partial charge in [-0.25, -0.2) is 9.78 Å². The number of carbonyl (C=O) groups is 2. The molecule has 2 unspecified atom stereocenters. The second-order valence-corrected chi connectivity index (χ2v) is 7.05. The van der Waals surface area contributed by atoms with Crippen molar-refractivity contribution in [1.82, 2.24) is 20.2 Å². The summed E-state index contributed by atoms with van der Waals surface area (Å²) < 4.78 is 4.66. The van der Waals surface area contributed by atoms with Gasteiger partial charge in [-0.05, 0) is 37.0 Å². The number of carbonyl (C=O) groups excluding carboxylic acids is 2. The number of hydrogen-bond acceptors (Lipinski definition) is 4. The molecule has 2 atom stereocenters. The molecule has 7 nitrogen and oxygen atoms in total. The van der Waals surface area contributed by atoms with Gasteiger partial charge in [-0.1, -0.05) is 19.8 Å². The van der Waals surface area contributed by atoms with Crippen molar-refractivity contribution in [2.75, 3.05) is 13.7 Å². The molecule has 2 N–H and O–H groups in total. The standard InChI is InChI=1S/C20H24N4O3/c1-5-13-8-9-14-15(11-13)22-18(21-14)16-7-6-10-24(16)19(25)17(12(2)3)23-20(26)27-4/h1,8-9,11-12,16-17H,6-7,10H2,2-4H3,(H,21,22)(H,23,26). The van der Waals surface area contributed by atoms with Crippen molar-refractivity contribution < 1.29 is 14.3 Å². The minimum atomic E-state index is -0.643. The van der Waals surface area contributed by atoms with Crippen molar-refractivity contribution in [2.45, 2.75) is 38.8 Å². The van der Waals surface area contributed by atoms with Crippen LogP contribution in [-0.2, 0) is 9.53 Å². The zero-order chi connectivity index (χ0) is 19.6. The lowest BCUT2D eigenvalue weighted by Gasteiger charge is -2.29. The minimum Gasteiger partial charge on any atom is -0.453 e. The van der Waals surface area contributed by atoms with Crippen LogP contribution in [0, 0.1) is 18.3 Å². The topological polar surface area (TPSA) is 87.3 Å². The lowest BCUT2D eigenvalue weighted by atomic mass is 10.0. The Kier molecular flexibility index (Phi) is 5.36. The Balaban J connectivity index is 1.87. The molecule has 0 saturated carbocycles. The number of hydrogen-bond donors (Lipinski definition) is 2. The first-order chi connectivity index (χ1) is 12.9. The minimum absolute atomic E-state index is 0.0632. The average Bonchev–Trinajstić information content (AvgIpc) is 3.30. The van der Waals surface area contributed by atoms with Gasteiger partial charge >= 0.3 is 6.09 Å². The van der Waals surface area contributed by atoms with Crippen molar-refractivity contribution >= 4 is 23.0 Å². The third-order valence-corrected chi connectivity index (χ3v) is 4.91. The predicted octanol–water partition coefficient (Wildman–Crippen LogP) is 2.59. The number of nitrogens with one attached hydrogen (secondary N) is 2. The van der Waals surface area contributed by atoms with Crippen LogP contribution in [0.5, 0.6) is 0 Å². The van der Waals surface area contributed by atoms with Gasteiger partial charge in [0.2, 0.25) is 5.91 Å². The van der Waals surface area contributed by atoms with Crippen LogP contribution >= 0.6 is 0 Å². The summed E-state index contributed by atoms with van der Waals surface area (Å²) in [6.45, 7) is 4.42. The van der Waals surface area contributed by atoms with Crippen molar-refractivity contribution in [3.05, 3.63) is 29.6 Å². The highest BCUT2D eigenvalue weighted by atomic mass is 16.5. The largest absolute Gasteiger partial charge is 0.453 e. The molecule has 0 bridgehead atoms. The van der Waals surface area contributed by atoms with Gasteiger partial charge in [0.25, 0.3) is 0 Å². The van der Waals surface area contributed by atoms with Crippen molar-refractivity contribution in [2.24, 2.45) is 5.92 Å². The van der Waals surface area contributed by atoms with Gasteiger partial charge in [-0.3, -0.25) is 4.79 Å². The first kappa shape index (κ1) is 18.8. The van der Waals surface area contributed by atoms with E-state index in [1.807, 2.05) is 32.0 Å². The fraction of sp³-hybridized carbons (Fsp3) is 0.450. The van der Waals surface area contributed by atoms with Gasteiger partial charge in [0, 0.05) is 12.1 Å². The van der Waals surface area contributed by atoms with Crippen LogP contribution in [0.25, 0.3) is 11.0 Å². The van der Waals surface area contributed by atoms with E-state index in [1.165, 1.54) is 7.11 Å². The molecule has 1 aliphatic heterocycles. The number of fused-ring (bicyclic) bond motifs is 1. The summed E-state index contributed by atoms with van der Waals surface area (Å²) in [5, 5.41) is 2.65. The number of imidazole rings is 1. The molecule has 7 heteroatoms. The first-order valence-corrected chi connectivity index (χ1v) is 9.05. The highest BCUT2D eigenvalue weighted by molar-refractivity contribution is 5.86. The molecule has 0 aliphatic carbocycles. The smallest absolute Gasteiger partial charge is 0.407 e. The molecule has 2 aromatic rings. The van der Waals surface area contributed by atoms with E-state index in [0.29, 0.717) is 6.54 Å². The summed E-state index contributed by atoms with van der Waals surface area (Å²) in [6.07, 6.45) is 6.55. The number of aromatic nitrogens is 2. The second-order valence-electron chi connectivity index (χ2n) is 7.05. The van der Waals surface area contributed by atoms with Crippen LogP contribution < -0.4 is 5.32 Å². The van der Waals surface area contributed by atoms with Gasteiger partial charge in [-0.15, -0.1) is 6.42 Å². The maximum atomic E-state index is 13.1. The van der Waals surface area contributed by atoms with Crippen LogP contribution in [0.3, 0.4) is 0 Å². The number of alkyl carbamates (subject to hydrolysis) is 1. The quantitative estimate of drug-likeness (QED) is 0.812. The Morgan fingerprint density at radius 3 is 2.89 bits per heavy atom. The van der Waals surface area contributed by atoms with E-state index >= 15 is 0 Å². The molecule has 27 heavy (non-hydrogen) atoms. The number of ether oxygens (including phenoxy) is 1. The van der Waals surface area contributed by atoms with Gasteiger partial charge < -0.3 is 19.9 Å². The van der Waals surface area contributed by atoms with E-state index in [9.17, 15) is 9.59 Å². The number of methoxy groups -OCH3 is 1. The summed E-state index contributed by atoms with van der Waals surface area (Å²) in [4.78, 5) is 34.5. The van der Waals surface area contributed by atoms with Gasteiger partial charge in [-0.2, -0.15) is 0 Å². The molecule has 1 saturated heterocycles. The Hall–Kier alpha value is -3.01. The molecule has 3 rings (SSSR count). The third kappa shape index (κ3) is 3.75. The fourth-order valence-corrected chi connectivity index (χ4v) is 3.47. The van der Waals surface area contributed by atoms with Crippen LogP contribution in [0.4, 0.5) is 4.79 Å². The summed E-state index contributed by atoms with van der Waals surface area (Å²) in [6, 6.07) is 4.80.